The Morgan fingerprint density at radius 3 is 2.00 bits per heavy atom. The first kappa shape index (κ1) is 19.2. The molecule has 0 unspecified atom stereocenters. The van der Waals surface area contributed by atoms with Gasteiger partial charge in [-0.1, -0.05) is 17.7 Å². The molecule has 0 atom stereocenters. The third-order valence-electron chi connectivity index (χ3n) is 4.20. The van der Waals surface area contributed by atoms with Crippen molar-refractivity contribution in [3.63, 3.8) is 0 Å². The van der Waals surface area contributed by atoms with Gasteiger partial charge in [-0.3, -0.25) is 9.59 Å². The summed E-state index contributed by atoms with van der Waals surface area (Å²) >= 11 is 6.07. The van der Waals surface area contributed by atoms with Crippen LogP contribution >= 0.6 is 11.6 Å². The molecule has 0 saturated heterocycles. The maximum atomic E-state index is 12.4. The van der Waals surface area contributed by atoms with E-state index in [-0.39, 0.29) is 11.8 Å². The van der Waals surface area contributed by atoms with Crippen molar-refractivity contribution >= 4 is 34.8 Å². The number of benzene rings is 3. The van der Waals surface area contributed by atoms with Gasteiger partial charge in [0.2, 0.25) is 0 Å². The van der Waals surface area contributed by atoms with E-state index in [0.717, 1.165) is 5.56 Å². The number of nitrogens with zero attached hydrogens (tertiary/aromatic N) is 1. The van der Waals surface area contributed by atoms with E-state index in [9.17, 15) is 9.59 Å². The minimum Gasteiger partial charge on any atom is -0.322 e. The molecule has 0 saturated carbocycles. The molecule has 3 rings (SSSR count). The van der Waals surface area contributed by atoms with Crippen LogP contribution < -0.4 is 10.6 Å². The van der Waals surface area contributed by atoms with Gasteiger partial charge in [0, 0.05) is 27.5 Å². The Bertz CT molecular complexity index is 1070. The maximum absolute atomic E-state index is 12.4. The lowest BCUT2D eigenvalue weighted by molar-refractivity contribution is 0.101. The highest BCUT2D eigenvalue weighted by Crippen LogP contribution is 2.23. The summed E-state index contributed by atoms with van der Waals surface area (Å²) in [7, 11) is 0. The smallest absolute Gasteiger partial charge is 0.255 e. The molecule has 3 aromatic carbocycles. The Hall–Kier alpha value is -3.62. The van der Waals surface area contributed by atoms with Crippen molar-refractivity contribution in [3.05, 3.63) is 94.0 Å². The van der Waals surface area contributed by atoms with E-state index in [1.807, 2.05) is 13.0 Å². The van der Waals surface area contributed by atoms with Gasteiger partial charge in [-0.15, -0.1) is 0 Å². The van der Waals surface area contributed by atoms with E-state index in [2.05, 4.69) is 10.6 Å². The summed E-state index contributed by atoms with van der Waals surface area (Å²) in [6, 6.07) is 20.2. The summed E-state index contributed by atoms with van der Waals surface area (Å²) in [6.45, 7) is 1.83. The molecule has 0 fully saturated rings. The van der Waals surface area contributed by atoms with E-state index in [1.165, 1.54) is 0 Å². The van der Waals surface area contributed by atoms with Gasteiger partial charge in [-0.2, -0.15) is 5.26 Å². The molecule has 28 heavy (non-hydrogen) atoms. The number of hydrogen-bond donors (Lipinski definition) is 2. The second kappa shape index (κ2) is 8.38. The monoisotopic (exact) mass is 389 g/mol. The number of anilines is 2. The van der Waals surface area contributed by atoms with Crippen molar-refractivity contribution < 1.29 is 9.59 Å². The molecule has 2 amide bonds. The average molecular weight is 390 g/mol. The third kappa shape index (κ3) is 4.37. The van der Waals surface area contributed by atoms with Gasteiger partial charge >= 0.3 is 0 Å². The number of halogens is 1. The van der Waals surface area contributed by atoms with Gasteiger partial charge in [0.1, 0.15) is 0 Å². The Morgan fingerprint density at radius 1 is 0.857 bits per heavy atom. The van der Waals surface area contributed by atoms with Crippen LogP contribution in [0.25, 0.3) is 0 Å². The molecule has 0 aromatic heterocycles. The Kier molecular flexibility index (Phi) is 5.73. The first-order valence-corrected chi connectivity index (χ1v) is 8.84. The molecule has 0 spiro atoms. The second-order valence-corrected chi connectivity index (χ2v) is 6.49. The lowest BCUT2D eigenvalue weighted by atomic mass is 10.1. The van der Waals surface area contributed by atoms with Crippen LogP contribution in [0.15, 0.2) is 66.7 Å². The van der Waals surface area contributed by atoms with E-state index >= 15 is 0 Å². The molecule has 0 bridgehead atoms. The SMILES string of the molecule is Cc1c(Cl)cccc1NC(=O)c1ccc(C(=O)Nc2ccc(C#N)cc2)cc1. The van der Waals surface area contributed by atoms with Gasteiger partial charge in [0.05, 0.1) is 11.6 Å². The number of hydrogen-bond acceptors (Lipinski definition) is 3. The topological polar surface area (TPSA) is 82.0 Å². The Morgan fingerprint density at radius 2 is 1.43 bits per heavy atom. The molecule has 6 heteroatoms. The fourth-order valence-corrected chi connectivity index (χ4v) is 2.72. The molecular formula is C22H16ClN3O2. The zero-order valence-corrected chi connectivity index (χ0v) is 15.7. The maximum Gasteiger partial charge on any atom is 0.255 e. The first-order chi connectivity index (χ1) is 13.5. The summed E-state index contributed by atoms with van der Waals surface area (Å²) < 4.78 is 0. The molecular weight excluding hydrogens is 374 g/mol. The van der Waals surface area contributed by atoms with Crippen molar-refractivity contribution in [1.82, 2.24) is 0 Å². The van der Waals surface area contributed by atoms with Crippen LogP contribution in [0.2, 0.25) is 5.02 Å². The van der Waals surface area contributed by atoms with Crippen LogP contribution in [0.3, 0.4) is 0 Å². The summed E-state index contributed by atoms with van der Waals surface area (Å²) in [5, 5.41) is 14.9. The zero-order valence-electron chi connectivity index (χ0n) is 15.0. The standard InChI is InChI=1S/C22H16ClN3O2/c1-14-19(23)3-2-4-20(14)26-22(28)17-9-7-16(8-10-17)21(27)25-18-11-5-15(13-24)6-12-18/h2-12H,1H3,(H,25,27)(H,26,28). The summed E-state index contributed by atoms with van der Waals surface area (Å²) in [4.78, 5) is 24.8. The number of nitrogens with one attached hydrogen (secondary N) is 2. The first-order valence-electron chi connectivity index (χ1n) is 8.46. The van der Waals surface area contributed by atoms with Crippen LogP contribution in [0.5, 0.6) is 0 Å². The largest absolute Gasteiger partial charge is 0.322 e. The third-order valence-corrected chi connectivity index (χ3v) is 4.61. The van der Waals surface area contributed by atoms with Gasteiger partial charge in [0.15, 0.2) is 0 Å². The van der Waals surface area contributed by atoms with Crippen molar-refractivity contribution in [2.24, 2.45) is 0 Å². The highest BCUT2D eigenvalue weighted by Gasteiger charge is 2.11. The van der Waals surface area contributed by atoms with Crippen molar-refractivity contribution in [2.75, 3.05) is 10.6 Å². The molecule has 0 aliphatic rings. The van der Waals surface area contributed by atoms with Crippen molar-refractivity contribution in [2.45, 2.75) is 6.92 Å². The quantitative estimate of drug-likeness (QED) is 0.656. The molecule has 5 nitrogen and oxygen atoms in total. The second-order valence-electron chi connectivity index (χ2n) is 6.09. The van der Waals surface area contributed by atoms with Crippen LogP contribution in [0, 0.1) is 18.3 Å². The van der Waals surface area contributed by atoms with E-state index in [1.54, 1.807) is 66.7 Å². The van der Waals surface area contributed by atoms with Crippen LogP contribution in [-0.4, -0.2) is 11.8 Å². The van der Waals surface area contributed by atoms with E-state index in [4.69, 9.17) is 16.9 Å². The highest BCUT2D eigenvalue weighted by atomic mass is 35.5. The number of carbonyl (C=O) groups is 2. The highest BCUT2D eigenvalue weighted by molar-refractivity contribution is 6.31. The predicted molar refractivity (Wildman–Crippen MR) is 110 cm³/mol. The average Bonchev–Trinajstić information content (AvgIpc) is 2.72. The summed E-state index contributed by atoms with van der Waals surface area (Å²) in [6.07, 6.45) is 0. The lowest BCUT2D eigenvalue weighted by Gasteiger charge is -2.10. The zero-order chi connectivity index (χ0) is 20.1. The lowest BCUT2D eigenvalue weighted by Crippen LogP contribution is -2.14. The molecule has 0 aliphatic heterocycles. The van der Waals surface area contributed by atoms with Gasteiger partial charge in [0.25, 0.3) is 11.8 Å². The molecule has 0 aliphatic carbocycles. The minimum atomic E-state index is -0.303. The predicted octanol–water partition coefficient (Wildman–Crippen LogP) is 5.02. The molecule has 138 valence electrons. The van der Waals surface area contributed by atoms with E-state index in [0.29, 0.717) is 33.1 Å². The Balaban J connectivity index is 1.68. The number of nitriles is 1. The number of rotatable bonds is 4. The van der Waals surface area contributed by atoms with Crippen LogP contribution in [0.4, 0.5) is 11.4 Å². The summed E-state index contributed by atoms with van der Waals surface area (Å²) in [5.41, 5.74) is 3.37. The minimum absolute atomic E-state index is 0.288. The van der Waals surface area contributed by atoms with Gasteiger partial charge in [-0.25, -0.2) is 0 Å². The molecule has 0 radical (unpaired) electrons. The molecule has 2 N–H and O–H groups in total. The van der Waals surface area contributed by atoms with Crippen LogP contribution in [0.1, 0.15) is 31.8 Å². The molecule has 3 aromatic rings. The molecule has 0 heterocycles. The van der Waals surface area contributed by atoms with Crippen molar-refractivity contribution in [3.8, 4) is 6.07 Å². The Labute approximate surface area is 167 Å². The van der Waals surface area contributed by atoms with Crippen LogP contribution in [-0.2, 0) is 0 Å². The van der Waals surface area contributed by atoms with E-state index < -0.39 is 0 Å². The normalized spacial score (nSPS) is 10.0. The van der Waals surface area contributed by atoms with Crippen molar-refractivity contribution in [1.29, 1.82) is 5.26 Å². The fraction of sp³-hybridized carbons (Fsp3) is 0.0455. The fourth-order valence-electron chi connectivity index (χ4n) is 2.54. The number of carbonyl (C=O) groups excluding carboxylic acids is 2. The van der Waals surface area contributed by atoms with Gasteiger partial charge < -0.3 is 10.6 Å². The number of amides is 2. The van der Waals surface area contributed by atoms with Gasteiger partial charge in [-0.05, 0) is 73.2 Å². The summed E-state index contributed by atoms with van der Waals surface area (Å²) in [5.74, 6) is -0.591.